The van der Waals surface area contributed by atoms with Crippen LogP contribution in [-0.4, -0.2) is 14.2 Å². The Morgan fingerprint density at radius 1 is 0.909 bits per heavy atom. The zero-order valence-corrected chi connectivity index (χ0v) is 20.4. The molecule has 1 aliphatic rings. The van der Waals surface area contributed by atoms with Crippen molar-refractivity contribution in [2.45, 2.75) is 38.8 Å². The van der Waals surface area contributed by atoms with E-state index in [4.69, 9.17) is 21.1 Å². The van der Waals surface area contributed by atoms with Crippen molar-refractivity contribution in [3.8, 4) is 11.5 Å². The SMILES string of the molecule is C=CC(c1ccc(Cl)c(N(Cc2ccc(OC)cc2)Cc2ccc(OC)cc2)c1)C1(C)CC1. The van der Waals surface area contributed by atoms with Crippen LogP contribution in [-0.2, 0) is 13.1 Å². The molecule has 0 radical (unpaired) electrons. The molecule has 1 aliphatic carbocycles. The van der Waals surface area contributed by atoms with E-state index in [9.17, 15) is 0 Å². The first-order chi connectivity index (χ1) is 16.0. The van der Waals surface area contributed by atoms with Crippen LogP contribution >= 0.6 is 11.6 Å². The molecule has 4 rings (SSSR count). The summed E-state index contributed by atoms with van der Waals surface area (Å²) in [5.41, 5.74) is 5.01. The second kappa shape index (κ2) is 9.93. The third-order valence-corrected chi connectivity index (χ3v) is 7.08. The van der Waals surface area contributed by atoms with E-state index in [-0.39, 0.29) is 0 Å². The van der Waals surface area contributed by atoms with Crippen molar-refractivity contribution in [1.29, 1.82) is 0 Å². The minimum atomic E-state index is 0.309. The zero-order chi connectivity index (χ0) is 23.4. The molecular formula is C29H32ClNO2. The Morgan fingerprint density at radius 2 is 1.42 bits per heavy atom. The lowest BCUT2D eigenvalue weighted by atomic mass is 9.84. The number of nitrogens with zero attached hydrogens (tertiary/aromatic N) is 1. The number of benzene rings is 3. The average Bonchev–Trinajstić information content (AvgIpc) is 3.58. The minimum absolute atomic E-state index is 0.309. The normalized spacial score (nSPS) is 14.9. The van der Waals surface area contributed by atoms with Crippen LogP contribution in [0.25, 0.3) is 0 Å². The Morgan fingerprint density at radius 3 is 1.85 bits per heavy atom. The molecule has 0 aromatic heterocycles. The van der Waals surface area contributed by atoms with Crippen LogP contribution in [0.2, 0.25) is 5.02 Å². The summed E-state index contributed by atoms with van der Waals surface area (Å²) in [6.45, 7) is 7.95. The molecule has 1 atom stereocenters. The van der Waals surface area contributed by atoms with Crippen LogP contribution in [0.3, 0.4) is 0 Å². The quantitative estimate of drug-likeness (QED) is 0.289. The average molecular weight is 462 g/mol. The molecule has 1 saturated carbocycles. The van der Waals surface area contributed by atoms with Crippen molar-refractivity contribution in [1.82, 2.24) is 0 Å². The molecule has 0 spiro atoms. The molecule has 0 aliphatic heterocycles. The molecule has 1 unspecified atom stereocenters. The molecular weight excluding hydrogens is 430 g/mol. The van der Waals surface area contributed by atoms with Crippen molar-refractivity contribution >= 4 is 17.3 Å². The molecule has 33 heavy (non-hydrogen) atoms. The van der Waals surface area contributed by atoms with Crippen LogP contribution in [0.1, 0.15) is 42.4 Å². The lowest BCUT2D eigenvalue weighted by Crippen LogP contribution is -2.23. The van der Waals surface area contributed by atoms with Gasteiger partial charge in [0, 0.05) is 19.0 Å². The van der Waals surface area contributed by atoms with Gasteiger partial charge in [-0.05, 0) is 71.3 Å². The molecule has 172 valence electrons. The summed E-state index contributed by atoms with van der Waals surface area (Å²) in [5, 5.41) is 0.754. The van der Waals surface area contributed by atoms with Gasteiger partial charge in [0.1, 0.15) is 11.5 Å². The molecule has 3 aromatic carbocycles. The van der Waals surface area contributed by atoms with Gasteiger partial charge in [-0.1, -0.05) is 54.9 Å². The van der Waals surface area contributed by atoms with Crippen LogP contribution < -0.4 is 14.4 Å². The Labute approximate surface area is 202 Å². The van der Waals surface area contributed by atoms with Crippen molar-refractivity contribution < 1.29 is 9.47 Å². The standard InChI is InChI=1S/C29H32ClNO2/c1-5-26(29(2)16-17-29)23-10-15-27(30)28(18-23)31(19-21-6-11-24(32-3)12-7-21)20-22-8-13-25(33-4)14-9-22/h5-15,18,26H,1,16-17,19-20H2,2-4H3. The Hall–Kier alpha value is -2.91. The molecule has 3 aromatic rings. The number of allylic oxidation sites excluding steroid dienone is 1. The van der Waals surface area contributed by atoms with Crippen molar-refractivity contribution in [2.75, 3.05) is 19.1 Å². The number of halogens is 1. The molecule has 0 bridgehead atoms. The predicted molar refractivity (Wildman–Crippen MR) is 138 cm³/mol. The van der Waals surface area contributed by atoms with Gasteiger partial charge in [-0.2, -0.15) is 0 Å². The van der Waals surface area contributed by atoms with Gasteiger partial charge in [-0.15, -0.1) is 6.58 Å². The fourth-order valence-electron chi connectivity index (χ4n) is 4.43. The summed E-state index contributed by atoms with van der Waals surface area (Å²) in [7, 11) is 3.37. The first-order valence-electron chi connectivity index (χ1n) is 11.4. The van der Waals surface area contributed by atoms with Crippen LogP contribution in [0.5, 0.6) is 11.5 Å². The van der Waals surface area contributed by atoms with Crippen LogP contribution in [0.4, 0.5) is 5.69 Å². The van der Waals surface area contributed by atoms with E-state index in [1.807, 2.05) is 30.3 Å². The summed E-state index contributed by atoms with van der Waals surface area (Å²) in [5.74, 6) is 2.04. The summed E-state index contributed by atoms with van der Waals surface area (Å²) in [6.07, 6.45) is 4.57. The predicted octanol–water partition coefficient (Wildman–Crippen LogP) is 7.63. The number of hydrogen-bond donors (Lipinski definition) is 0. The number of methoxy groups -OCH3 is 2. The molecule has 0 amide bonds. The smallest absolute Gasteiger partial charge is 0.118 e. The van der Waals surface area contributed by atoms with Gasteiger partial charge >= 0.3 is 0 Å². The maximum absolute atomic E-state index is 6.79. The molecule has 3 nitrogen and oxygen atoms in total. The summed E-state index contributed by atoms with van der Waals surface area (Å²) in [6, 6.07) is 22.9. The van der Waals surface area contributed by atoms with Gasteiger partial charge in [0.2, 0.25) is 0 Å². The maximum Gasteiger partial charge on any atom is 0.118 e. The first kappa shape index (κ1) is 23.3. The molecule has 0 saturated heterocycles. The van der Waals surface area contributed by atoms with E-state index in [0.29, 0.717) is 11.3 Å². The monoisotopic (exact) mass is 461 g/mol. The summed E-state index contributed by atoms with van der Waals surface area (Å²) >= 11 is 6.79. The number of hydrogen-bond acceptors (Lipinski definition) is 3. The topological polar surface area (TPSA) is 21.7 Å². The molecule has 0 N–H and O–H groups in total. The van der Waals surface area contributed by atoms with Crippen molar-refractivity contribution in [3.05, 3.63) is 101 Å². The van der Waals surface area contributed by atoms with Gasteiger partial charge in [-0.25, -0.2) is 0 Å². The molecule has 0 heterocycles. The lowest BCUT2D eigenvalue weighted by Gasteiger charge is -2.29. The number of rotatable bonds is 10. The first-order valence-corrected chi connectivity index (χ1v) is 11.8. The molecule has 4 heteroatoms. The van der Waals surface area contributed by atoms with Gasteiger partial charge in [0.25, 0.3) is 0 Å². The highest BCUT2D eigenvalue weighted by Gasteiger charge is 2.44. The summed E-state index contributed by atoms with van der Waals surface area (Å²) < 4.78 is 10.7. The van der Waals surface area contributed by atoms with Crippen LogP contribution in [0, 0.1) is 5.41 Å². The second-order valence-corrected chi connectivity index (χ2v) is 9.54. The van der Waals surface area contributed by atoms with Gasteiger partial charge in [0.05, 0.1) is 24.9 Å². The van der Waals surface area contributed by atoms with E-state index in [1.54, 1.807) is 14.2 Å². The third-order valence-electron chi connectivity index (χ3n) is 6.76. The Bertz CT molecular complexity index is 1040. The van der Waals surface area contributed by atoms with Crippen molar-refractivity contribution in [2.24, 2.45) is 5.41 Å². The second-order valence-electron chi connectivity index (χ2n) is 9.13. The van der Waals surface area contributed by atoms with Crippen LogP contribution in [0.15, 0.2) is 79.4 Å². The lowest BCUT2D eigenvalue weighted by molar-refractivity contribution is 0.414. The largest absolute Gasteiger partial charge is 0.497 e. The van der Waals surface area contributed by atoms with Gasteiger partial charge < -0.3 is 14.4 Å². The summed E-state index contributed by atoms with van der Waals surface area (Å²) in [4.78, 5) is 2.34. The highest BCUT2D eigenvalue weighted by Crippen LogP contribution is 2.56. The maximum atomic E-state index is 6.79. The van der Waals surface area contributed by atoms with Gasteiger partial charge in [0.15, 0.2) is 0 Å². The fraction of sp³-hybridized carbons (Fsp3) is 0.310. The third kappa shape index (κ3) is 5.36. The van der Waals surface area contributed by atoms with E-state index in [1.165, 1.54) is 29.5 Å². The molecule has 1 fully saturated rings. The van der Waals surface area contributed by atoms with E-state index in [2.05, 4.69) is 60.9 Å². The van der Waals surface area contributed by atoms with E-state index < -0.39 is 0 Å². The Kier molecular flexibility index (Phi) is 6.99. The Balaban J connectivity index is 1.69. The number of ether oxygens (including phenoxy) is 2. The van der Waals surface area contributed by atoms with Crippen molar-refractivity contribution in [3.63, 3.8) is 0 Å². The van der Waals surface area contributed by atoms with E-state index in [0.717, 1.165) is 35.3 Å². The minimum Gasteiger partial charge on any atom is -0.497 e. The van der Waals surface area contributed by atoms with E-state index >= 15 is 0 Å². The fourth-order valence-corrected chi connectivity index (χ4v) is 4.66. The highest BCUT2D eigenvalue weighted by molar-refractivity contribution is 6.33. The highest BCUT2D eigenvalue weighted by atomic mass is 35.5. The van der Waals surface area contributed by atoms with Gasteiger partial charge in [-0.3, -0.25) is 0 Å². The number of anilines is 1. The zero-order valence-electron chi connectivity index (χ0n) is 19.7.